The molecule has 1 aliphatic heterocycles. The number of morpholine rings is 1. The van der Waals surface area contributed by atoms with Crippen molar-refractivity contribution in [3.63, 3.8) is 0 Å². The minimum absolute atomic E-state index is 0.0699. The zero-order valence-electron chi connectivity index (χ0n) is 14.6. The number of nitrogens with zero attached hydrogens (tertiary/aromatic N) is 3. The van der Waals surface area contributed by atoms with E-state index in [1.165, 1.54) is 12.4 Å². The molecule has 2 aromatic rings. The van der Waals surface area contributed by atoms with Gasteiger partial charge in [0, 0.05) is 36.8 Å². The lowest BCUT2D eigenvalue weighted by molar-refractivity contribution is -0.0250. The summed E-state index contributed by atoms with van der Waals surface area (Å²) in [5.41, 5.74) is 2.02. The van der Waals surface area contributed by atoms with Gasteiger partial charge in [-0.05, 0) is 32.1 Å². The molecule has 0 unspecified atom stereocenters. The third-order valence-corrected chi connectivity index (χ3v) is 5.04. The number of hydrogen-bond acceptors (Lipinski definition) is 6. The van der Waals surface area contributed by atoms with E-state index in [1.807, 2.05) is 0 Å². The predicted octanol–water partition coefficient (Wildman–Crippen LogP) is 1.11. The van der Waals surface area contributed by atoms with E-state index in [2.05, 4.69) is 15.1 Å². The first-order valence-corrected chi connectivity index (χ1v) is 9.12. The van der Waals surface area contributed by atoms with Crippen molar-refractivity contribution in [3.8, 4) is 0 Å². The summed E-state index contributed by atoms with van der Waals surface area (Å²) in [5, 5.41) is 4.05. The number of aromatic amines is 1. The normalized spacial score (nSPS) is 20.0. The second-order valence-corrected chi connectivity index (χ2v) is 6.83. The van der Waals surface area contributed by atoms with Gasteiger partial charge in [0.05, 0.1) is 19.0 Å². The summed E-state index contributed by atoms with van der Waals surface area (Å²) in [4.78, 5) is 32.7. The maximum Gasteiger partial charge on any atom is 0.276 e. The van der Waals surface area contributed by atoms with Crippen molar-refractivity contribution in [1.29, 1.82) is 0 Å². The van der Waals surface area contributed by atoms with E-state index < -0.39 is 0 Å². The average Bonchev–Trinajstić information content (AvgIpc) is 3.10. The Morgan fingerprint density at radius 1 is 1.35 bits per heavy atom. The van der Waals surface area contributed by atoms with Crippen LogP contribution in [0.25, 0.3) is 0 Å². The van der Waals surface area contributed by atoms with Gasteiger partial charge in [0.2, 0.25) is 0 Å². The van der Waals surface area contributed by atoms with Crippen LogP contribution < -0.4 is 5.56 Å². The van der Waals surface area contributed by atoms with Gasteiger partial charge < -0.3 is 19.1 Å². The van der Waals surface area contributed by atoms with E-state index in [1.54, 1.807) is 4.90 Å². The number of carbonyl (C=O) groups excluding carboxylic acids is 1. The summed E-state index contributed by atoms with van der Waals surface area (Å²) >= 11 is 0. The van der Waals surface area contributed by atoms with Crippen LogP contribution in [0.4, 0.5) is 0 Å². The molecule has 0 spiro atoms. The molecule has 1 fully saturated rings. The van der Waals surface area contributed by atoms with E-state index in [0.29, 0.717) is 38.2 Å². The van der Waals surface area contributed by atoms with Gasteiger partial charge in [-0.15, -0.1) is 0 Å². The standard InChI is InChI=1S/C18H22N4O4/c23-16-9-12(19-11-20-16)5-6-13-10-22(7-8-25-13)18(24)17-14-3-1-2-4-15(14)26-21-17/h9,11,13H,1-8,10H2,(H,19,20,23)/t13-/m0/s1. The van der Waals surface area contributed by atoms with Crippen LogP contribution in [-0.4, -0.2) is 51.7 Å². The second kappa shape index (κ2) is 7.41. The maximum absolute atomic E-state index is 12.9. The summed E-state index contributed by atoms with van der Waals surface area (Å²) in [6.07, 6.45) is 6.56. The van der Waals surface area contributed by atoms with Gasteiger partial charge in [-0.3, -0.25) is 9.59 Å². The number of nitrogens with one attached hydrogen (secondary N) is 1. The van der Waals surface area contributed by atoms with Gasteiger partial charge in [0.15, 0.2) is 5.69 Å². The molecule has 4 rings (SSSR count). The van der Waals surface area contributed by atoms with Gasteiger partial charge >= 0.3 is 0 Å². The van der Waals surface area contributed by atoms with Crippen LogP contribution in [0.1, 0.15) is 46.8 Å². The topological polar surface area (TPSA) is 101 Å². The number of hydrogen-bond donors (Lipinski definition) is 1. The molecular formula is C18H22N4O4. The molecule has 0 aromatic carbocycles. The van der Waals surface area contributed by atoms with E-state index in [-0.39, 0.29) is 17.6 Å². The molecule has 1 amide bonds. The molecule has 0 radical (unpaired) electrons. The Morgan fingerprint density at radius 2 is 2.23 bits per heavy atom. The van der Waals surface area contributed by atoms with Crippen molar-refractivity contribution in [2.45, 2.75) is 44.6 Å². The minimum Gasteiger partial charge on any atom is -0.375 e. The molecule has 26 heavy (non-hydrogen) atoms. The van der Waals surface area contributed by atoms with E-state index >= 15 is 0 Å². The Kier molecular flexibility index (Phi) is 4.83. The molecule has 1 saturated heterocycles. The zero-order chi connectivity index (χ0) is 17.9. The summed E-state index contributed by atoms with van der Waals surface area (Å²) in [6, 6.07) is 1.49. The number of rotatable bonds is 4. The molecule has 1 aliphatic carbocycles. The summed E-state index contributed by atoms with van der Waals surface area (Å²) < 4.78 is 11.2. The van der Waals surface area contributed by atoms with Crippen LogP contribution in [-0.2, 0) is 24.0 Å². The van der Waals surface area contributed by atoms with Crippen LogP contribution in [0, 0.1) is 0 Å². The third-order valence-electron chi connectivity index (χ3n) is 5.04. The lowest BCUT2D eigenvalue weighted by atomic mass is 9.96. The lowest BCUT2D eigenvalue weighted by Crippen LogP contribution is -2.46. The molecule has 1 atom stereocenters. The van der Waals surface area contributed by atoms with Gasteiger partial charge in [0.25, 0.3) is 11.5 Å². The Bertz CT molecular complexity index is 844. The number of aromatic nitrogens is 3. The smallest absolute Gasteiger partial charge is 0.276 e. The first kappa shape index (κ1) is 17.0. The van der Waals surface area contributed by atoms with Gasteiger partial charge in [-0.25, -0.2) is 4.98 Å². The number of fused-ring (bicyclic) bond motifs is 1. The fraction of sp³-hybridized carbons (Fsp3) is 0.556. The highest BCUT2D eigenvalue weighted by Gasteiger charge is 2.30. The molecule has 0 bridgehead atoms. The molecule has 2 aromatic heterocycles. The first-order chi connectivity index (χ1) is 12.7. The van der Waals surface area contributed by atoms with Gasteiger partial charge in [0.1, 0.15) is 5.76 Å². The summed E-state index contributed by atoms with van der Waals surface area (Å²) in [7, 11) is 0. The van der Waals surface area contributed by atoms with Gasteiger partial charge in [-0.1, -0.05) is 5.16 Å². The third kappa shape index (κ3) is 3.55. The van der Waals surface area contributed by atoms with Crippen LogP contribution in [0.3, 0.4) is 0 Å². The fourth-order valence-electron chi connectivity index (χ4n) is 3.64. The molecule has 0 saturated carbocycles. The SMILES string of the molecule is O=C(c1noc2c1CCCC2)N1CCO[C@@H](CCc2cc(=O)[nH]cn2)C1. The maximum atomic E-state index is 12.9. The molecule has 1 N–H and O–H groups in total. The monoisotopic (exact) mass is 358 g/mol. The number of aryl methyl sites for hydroxylation is 2. The highest BCUT2D eigenvalue weighted by atomic mass is 16.5. The quantitative estimate of drug-likeness (QED) is 0.879. The molecular weight excluding hydrogens is 336 g/mol. The lowest BCUT2D eigenvalue weighted by Gasteiger charge is -2.32. The largest absolute Gasteiger partial charge is 0.375 e. The van der Waals surface area contributed by atoms with E-state index in [0.717, 1.165) is 42.7 Å². The van der Waals surface area contributed by atoms with Crippen molar-refractivity contribution in [2.75, 3.05) is 19.7 Å². The number of H-pyrrole nitrogens is 1. The van der Waals surface area contributed by atoms with Crippen molar-refractivity contribution in [2.24, 2.45) is 0 Å². The second-order valence-electron chi connectivity index (χ2n) is 6.83. The highest BCUT2D eigenvalue weighted by Crippen LogP contribution is 2.25. The van der Waals surface area contributed by atoms with E-state index in [4.69, 9.17) is 9.26 Å². The first-order valence-electron chi connectivity index (χ1n) is 9.12. The Hall–Kier alpha value is -2.48. The molecule has 8 heteroatoms. The highest BCUT2D eigenvalue weighted by molar-refractivity contribution is 5.94. The summed E-state index contributed by atoms with van der Waals surface area (Å²) in [5.74, 6) is 0.796. The molecule has 8 nitrogen and oxygen atoms in total. The Balaban J connectivity index is 1.39. The molecule has 138 valence electrons. The van der Waals surface area contributed by atoms with Crippen molar-refractivity contribution < 1.29 is 14.1 Å². The molecule has 2 aliphatic rings. The number of amides is 1. The van der Waals surface area contributed by atoms with Crippen LogP contribution in [0.2, 0.25) is 0 Å². The fourth-order valence-corrected chi connectivity index (χ4v) is 3.64. The van der Waals surface area contributed by atoms with Crippen LogP contribution in [0.15, 0.2) is 21.7 Å². The Morgan fingerprint density at radius 3 is 3.12 bits per heavy atom. The predicted molar refractivity (Wildman–Crippen MR) is 92.0 cm³/mol. The van der Waals surface area contributed by atoms with Crippen molar-refractivity contribution in [1.82, 2.24) is 20.0 Å². The minimum atomic E-state index is -0.160. The Labute approximate surface area is 150 Å². The van der Waals surface area contributed by atoms with Crippen molar-refractivity contribution >= 4 is 5.91 Å². The zero-order valence-corrected chi connectivity index (χ0v) is 14.6. The van der Waals surface area contributed by atoms with E-state index in [9.17, 15) is 9.59 Å². The van der Waals surface area contributed by atoms with Crippen LogP contribution >= 0.6 is 0 Å². The van der Waals surface area contributed by atoms with Crippen molar-refractivity contribution in [3.05, 3.63) is 45.5 Å². The molecule has 3 heterocycles. The number of carbonyl (C=O) groups is 1. The van der Waals surface area contributed by atoms with Crippen LogP contribution in [0.5, 0.6) is 0 Å². The number of ether oxygens (including phenoxy) is 1. The average molecular weight is 358 g/mol. The van der Waals surface area contributed by atoms with Gasteiger partial charge in [-0.2, -0.15) is 0 Å². The summed E-state index contributed by atoms with van der Waals surface area (Å²) in [6.45, 7) is 1.57.